The van der Waals surface area contributed by atoms with E-state index in [9.17, 15) is 4.79 Å². The molecule has 0 spiro atoms. The molecule has 1 aromatic carbocycles. The highest BCUT2D eigenvalue weighted by Gasteiger charge is 2.17. The fourth-order valence-corrected chi connectivity index (χ4v) is 3.30. The maximum atomic E-state index is 12.3. The quantitative estimate of drug-likeness (QED) is 0.635. The highest BCUT2D eigenvalue weighted by molar-refractivity contribution is 6.34. The predicted molar refractivity (Wildman–Crippen MR) is 103 cm³/mol. The molecule has 1 saturated heterocycles. The summed E-state index contributed by atoms with van der Waals surface area (Å²) in [4.78, 5) is 16.1. The summed E-state index contributed by atoms with van der Waals surface area (Å²) in [6.07, 6.45) is 7.18. The molecule has 2 aromatic heterocycles. The van der Waals surface area contributed by atoms with Gasteiger partial charge in [-0.3, -0.25) is 9.48 Å². The highest BCUT2D eigenvalue weighted by atomic mass is 35.5. The molecule has 27 heavy (non-hydrogen) atoms. The molecule has 0 saturated carbocycles. The van der Waals surface area contributed by atoms with Crippen molar-refractivity contribution in [2.75, 3.05) is 24.1 Å². The molecule has 1 aliphatic heterocycles. The zero-order chi connectivity index (χ0) is 18.8. The minimum atomic E-state index is -0.445. The Morgan fingerprint density at radius 3 is 2.89 bits per heavy atom. The van der Waals surface area contributed by atoms with Gasteiger partial charge >= 0.3 is 0 Å². The van der Waals surface area contributed by atoms with Gasteiger partial charge in [-0.05, 0) is 43.6 Å². The Bertz CT molecular complexity index is 960. The second kappa shape index (κ2) is 7.42. The van der Waals surface area contributed by atoms with Crippen LogP contribution < -0.4 is 16.4 Å². The number of nitrogens with one attached hydrogen (secondary N) is 2. The zero-order valence-corrected chi connectivity index (χ0v) is 15.2. The second-order valence-electron chi connectivity index (χ2n) is 6.41. The van der Waals surface area contributed by atoms with E-state index < -0.39 is 5.91 Å². The molecule has 0 radical (unpaired) electrons. The van der Waals surface area contributed by atoms with Crippen molar-refractivity contribution in [2.24, 2.45) is 0 Å². The first-order chi connectivity index (χ1) is 13.1. The number of anilines is 2. The molecule has 0 unspecified atom stereocenters. The smallest absolute Gasteiger partial charge is 0.292 e. The number of amides is 1. The van der Waals surface area contributed by atoms with Gasteiger partial charge in [0, 0.05) is 11.8 Å². The third-order valence-electron chi connectivity index (χ3n) is 4.59. The van der Waals surface area contributed by atoms with E-state index in [1.165, 1.54) is 6.26 Å². The van der Waals surface area contributed by atoms with Crippen molar-refractivity contribution in [3.63, 3.8) is 0 Å². The Kier molecular flexibility index (Phi) is 4.83. The van der Waals surface area contributed by atoms with Crippen molar-refractivity contribution < 1.29 is 9.21 Å². The van der Waals surface area contributed by atoms with Crippen LogP contribution in [0.2, 0.25) is 5.02 Å². The first kappa shape index (κ1) is 17.6. The zero-order valence-electron chi connectivity index (χ0n) is 14.5. The monoisotopic (exact) mass is 386 g/mol. The summed E-state index contributed by atoms with van der Waals surface area (Å²) in [5, 5.41) is 11.0. The molecule has 4 rings (SSSR count). The van der Waals surface area contributed by atoms with Crippen LogP contribution >= 0.6 is 11.6 Å². The molecule has 4 N–H and O–H groups in total. The largest absolute Gasteiger partial charge is 0.431 e. The van der Waals surface area contributed by atoms with Crippen LogP contribution in [0.4, 0.5) is 11.7 Å². The van der Waals surface area contributed by atoms with E-state index in [0.29, 0.717) is 16.8 Å². The normalized spacial score (nSPS) is 15.0. The second-order valence-corrected chi connectivity index (χ2v) is 6.82. The molecule has 1 amide bonds. The number of nitrogens with zero attached hydrogens (tertiary/aromatic N) is 3. The lowest BCUT2D eigenvalue weighted by atomic mass is 10.1. The lowest BCUT2D eigenvalue weighted by Gasteiger charge is -2.22. The number of oxazole rings is 1. The first-order valence-electron chi connectivity index (χ1n) is 8.67. The van der Waals surface area contributed by atoms with Crippen LogP contribution in [0.3, 0.4) is 0 Å². The number of rotatable bonds is 4. The number of carbonyl (C=O) groups is 1. The molecule has 9 heteroatoms. The summed E-state index contributed by atoms with van der Waals surface area (Å²) in [5.74, 6) is -0.445. The van der Waals surface area contributed by atoms with E-state index in [4.69, 9.17) is 21.8 Å². The van der Waals surface area contributed by atoms with Crippen LogP contribution in [0.1, 0.15) is 29.4 Å². The number of hydrogen-bond acceptors (Lipinski definition) is 6. The molecule has 0 aliphatic carbocycles. The standard InChI is InChI=1S/C18H19ClN6O2/c19-14-2-1-11(7-15(14)23-17(26)16-10-27-18(20)24-16)12-8-22-25(9-12)13-3-5-21-6-4-13/h1-2,7-10,13,21H,3-6H2,(H2,20,24)(H,23,26). The lowest BCUT2D eigenvalue weighted by Crippen LogP contribution is -2.29. The average Bonchev–Trinajstić information content (AvgIpc) is 3.34. The van der Waals surface area contributed by atoms with E-state index in [2.05, 4.69) is 20.7 Å². The van der Waals surface area contributed by atoms with E-state index >= 15 is 0 Å². The van der Waals surface area contributed by atoms with Crippen LogP contribution in [-0.2, 0) is 0 Å². The van der Waals surface area contributed by atoms with Crippen molar-refractivity contribution in [3.8, 4) is 11.1 Å². The number of carbonyl (C=O) groups excluding carboxylic acids is 1. The molecular weight excluding hydrogens is 368 g/mol. The van der Waals surface area contributed by atoms with Gasteiger partial charge in [-0.25, -0.2) is 0 Å². The Morgan fingerprint density at radius 2 is 2.15 bits per heavy atom. The molecule has 0 atom stereocenters. The number of halogens is 1. The number of nitrogens with two attached hydrogens (primary N) is 1. The molecule has 8 nitrogen and oxygen atoms in total. The van der Waals surface area contributed by atoms with Crippen molar-refractivity contribution >= 4 is 29.2 Å². The Morgan fingerprint density at radius 1 is 1.33 bits per heavy atom. The van der Waals surface area contributed by atoms with E-state index in [0.717, 1.165) is 37.1 Å². The highest BCUT2D eigenvalue weighted by Crippen LogP contribution is 2.30. The molecule has 0 bridgehead atoms. The molecule has 3 heterocycles. The number of benzene rings is 1. The molecule has 3 aromatic rings. The maximum absolute atomic E-state index is 12.3. The van der Waals surface area contributed by atoms with Crippen molar-refractivity contribution in [1.29, 1.82) is 0 Å². The summed E-state index contributed by atoms with van der Waals surface area (Å²) in [6, 6.07) is 5.80. The van der Waals surface area contributed by atoms with Crippen LogP contribution in [0.25, 0.3) is 11.1 Å². The average molecular weight is 387 g/mol. The van der Waals surface area contributed by atoms with E-state index in [-0.39, 0.29) is 11.7 Å². The maximum Gasteiger partial charge on any atom is 0.292 e. The fourth-order valence-electron chi connectivity index (χ4n) is 3.14. The van der Waals surface area contributed by atoms with Crippen LogP contribution in [0, 0.1) is 0 Å². The summed E-state index contributed by atoms with van der Waals surface area (Å²) in [5.41, 5.74) is 7.85. The molecular formula is C18H19ClN6O2. The third kappa shape index (κ3) is 3.81. The van der Waals surface area contributed by atoms with Gasteiger partial charge in [-0.1, -0.05) is 17.7 Å². The minimum Gasteiger partial charge on any atom is -0.431 e. The van der Waals surface area contributed by atoms with Gasteiger partial charge in [0.15, 0.2) is 5.69 Å². The summed E-state index contributed by atoms with van der Waals surface area (Å²) < 4.78 is 6.88. The minimum absolute atomic E-state index is 0.0645. The summed E-state index contributed by atoms with van der Waals surface area (Å²) in [7, 11) is 0. The van der Waals surface area contributed by atoms with Gasteiger partial charge in [0.25, 0.3) is 11.9 Å². The van der Waals surface area contributed by atoms with Crippen molar-refractivity contribution in [1.82, 2.24) is 20.1 Å². The first-order valence-corrected chi connectivity index (χ1v) is 9.05. The van der Waals surface area contributed by atoms with Gasteiger partial charge in [-0.15, -0.1) is 0 Å². The number of piperidine rings is 1. The van der Waals surface area contributed by atoms with Gasteiger partial charge in [-0.2, -0.15) is 10.1 Å². The van der Waals surface area contributed by atoms with Crippen LogP contribution in [0.5, 0.6) is 0 Å². The Labute approximate surface area is 160 Å². The number of nitrogen functional groups attached to an aromatic ring is 1. The molecule has 140 valence electrons. The summed E-state index contributed by atoms with van der Waals surface area (Å²) in [6.45, 7) is 2.01. The van der Waals surface area contributed by atoms with Crippen LogP contribution in [-0.4, -0.2) is 33.8 Å². The number of hydrogen-bond donors (Lipinski definition) is 3. The molecule has 1 fully saturated rings. The van der Waals surface area contributed by atoms with Crippen molar-refractivity contribution in [3.05, 3.63) is 47.6 Å². The Hall–Kier alpha value is -2.84. The molecule has 1 aliphatic rings. The van der Waals surface area contributed by atoms with E-state index in [1.54, 1.807) is 6.07 Å². The lowest BCUT2D eigenvalue weighted by molar-refractivity contribution is 0.102. The van der Waals surface area contributed by atoms with Gasteiger partial charge in [0.1, 0.15) is 6.26 Å². The predicted octanol–water partition coefficient (Wildman–Crippen LogP) is 2.95. The van der Waals surface area contributed by atoms with E-state index in [1.807, 2.05) is 29.2 Å². The fraction of sp³-hybridized carbons (Fsp3) is 0.278. The van der Waals surface area contributed by atoms with Gasteiger partial charge in [0.2, 0.25) is 0 Å². The topological polar surface area (TPSA) is 111 Å². The van der Waals surface area contributed by atoms with Gasteiger partial charge in [0.05, 0.1) is 22.9 Å². The van der Waals surface area contributed by atoms with Crippen molar-refractivity contribution in [2.45, 2.75) is 18.9 Å². The van der Waals surface area contributed by atoms with Gasteiger partial charge < -0.3 is 20.8 Å². The third-order valence-corrected chi connectivity index (χ3v) is 4.92. The number of aromatic nitrogens is 3. The SMILES string of the molecule is Nc1nc(C(=O)Nc2cc(-c3cnn(C4CCNCC4)c3)ccc2Cl)co1. The summed E-state index contributed by atoms with van der Waals surface area (Å²) >= 11 is 6.24. The Balaban J connectivity index is 1.55. The van der Waals surface area contributed by atoms with Crippen LogP contribution in [0.15, 0.2) is 41.3 Å².